The molecular formula is C10H14N2O4. The van der Waals surface area contributed by atoms with Crippen molar-refractivity contribution in [1.82, 2.24) is 5.32 Å². The molecule has 0 aliphatic rings. The van der Waals surface area contributed by atoms with Crippen LogP contribution in [0.15, 0.2) is 24.3 Å². The third kappa shape index (κ3) is 3.58. The summed E-state index contributed by atoms with van der Waals surface area (Å²) in [4.78, 5) is 9.91. The summed E-state index contributed by atoms with van der Waals surface area (Å²) < 4.78 is 0. The first-order valence-corrected chi connectivity index (χ1v) is 4.89. The van der Waals surface area contributed by atoms with Gasteiger partial charge in [-0.3, -0.25) is 10.1 Å². The van der Waals surface area contributed by atoms with E-state index < -0.39 is 11.0 Å². The van der Waals surface area contributed by atoms with Crippen LogP contribution in [0.25, 0.3) is 0 Å². The molecule has 88 valence electrons. The van der Waals surface area contributed by atoms with Crippen molar-refractivity contribution in [2.45, 2.75) is 6.10 Å². The molecule has 1 aromatic carbocycles. The molecule has 0 saturated carbocycles. The normalized spacial score (nSPS) is 12.4. The summed E-state index contributed by atoms with van der Waals surface area (Å²) >= 11 is 0. The number of nitrogens with zero attached hydrogens (tertiary/aromatic N) is 1. The second-order valence-electron chi connectivity index (χ2n) is 3.29. The smallest absolute Gasteiger partial charge is 0.269 e. The highest BCUT2D eigenvalue weighted by molar-refractivity contribution is 5.33. The minimum Gasteiger partial charge on any atom is -0.395 e. The van der Waals surface area contributed by atoms with Gasteiger partial charge in [-0.15, -0.1) is 0 Å². The van der Waals surface area contributed by atoms with E-state index in [1.54, 1.807) is 0 Å². The number of nitro groups is 1. The van der Waals surface area contributed by atoms with Gasteiger partial charge in [-0.05, 0) is 17.7 Å². The van der Waals surface area contributed by atoms with Gasteiger partial charge in [0.2, 0.25) is 0 Å². The molecule has 0 heterocycles. The average Bonchev–Trinajstić information content (AvgIpc) is 2.29. The Hall–Kier alpha value is -1.50. The predicted octanol–water partition coefficient (Wildman–Crippen LogP) is 0.210. The van der Waals surface area contributed by atoms with Crippen molar-refractivity contribution in [3.05, 3.63) is 39.9 Å². The highest BCUT2D eigenvalue weighted by Crippen LogP contribution is 2.16. The van der Waals surface area contributed by atoms with E-state index in [4.69, 9.17) is 5.11 Å². The third-order valence-electron chi connectivity index (χ3n) is 2.11. The summed E-state index contributed by atoms with van der Waals surface area (Å²) in [7, 11) is 0. The molecule has 1 unspecified atom stereocenters. The molecule has 0 radical (unpaired) electrons. The second-order valence-corrected chi connectivity index (χ2v) is 3.29. The fourth-order valence-electron chi connectivity index (χ4n) is 1.25. The Kier molecular flexibility index (Phi) is 4.84. The van der Waals surface area contributed by atoms with Gasteiger partial charge in [0.15, 0.2) is 0 Å². The molecule has 1 aromatic rings. The SMILES string of the molecule is O=[N+]([O-])c1ccc(C(O)CNCCO)cc1. The van der Waals surface area contributed by atoms with Crippen molar-refractivity contribution in [3.63, 3.8) is 0 Å². The van der Waals surface area contributed by atoms with E-state index in [0.717, 1.165) is 0 Å². The lowest BCUT2D eigenvalue weighted by Crippen LogP contribution is -2.24. The number of nitro benzene ring substituents is 1. The van der Waals surface area contributed by atoms with Gasteiger partial charge in [0.1, 0.15) is 0 Å². The molecule has 16 heavy (non-hydrogen) atoms. The largest absolute Gasteiger partial charge is 0.395 e. The van der Waals surface area contributed by atoms with E-state index >= 15 is 0 Å². The Labute approximate surface area is 92.7 Å². The van der Waals surface area contributed by atoms with E-state index in [0.29, 0.717) is 18.7 Å². The van der Waals surface area contributed by atoms with Gasteiger partial charge in [-0.2, -0.15) is 0 Å². The first-order valence-electron chi connectivity index (χ1n) is 4.89. The summed E-state index contributed by atoms with van der Waals surface area (Å²) in [6, 6.07) is 5.74. The molecule has 6 nitrogen and oxygen atoms in total. The molecule has 0 amide bonds. The molecule has 3 N–H and O–H groups in total. The second kappa shape index (κ2) is 6.16. The quantitative estimate of drug-likeness (QED) is 0.366. The average molecular weight is 226 g/mol. The lowest BCUT2D eigenvalue weighted by Gasteiger charge is -2.11. The summed E-state index contributed by atoms with van der Waals surface area (Å²) in [6.07, 6.45) is -0.729. The summed E-state index contributed by atoms with van der Waals surface area (Å²) in [6.45, 7) is 0.718. The Morgan fingerprint density at radius 1 is 1.38 bits per heavy atom. The van der Waals surface area contributed by atoms with Gasteiger partial charge >= 0.3 is 0 Å². The highest BCUT2D eigenvalue weighted by atomic mass is 16.6. The third-order valence-corrected chi connectivity index (χ3v) is 2.11. The standard InChI is InChI=1S/C10H14N2O4/c13-6-5-11-7-10(14)8-1-3-9(4-2-8)12(15)16/h1-4,10-11,13-14H,5-7H2. The Balaban J connectivity index is 2.56. The lowest BCUT2D eigenvalue weighted by atomic mass is 10.1. The molecule has 1 atom stereocenters. The minimum atomic E-state index is -0.729. The molecule has 0 spiro atoms. The van der Waals surface area contributed by atoms with E-state index in [1.807, 2.05) is 0 Å². The van der Waals surface area contributed by atoms with Crippen LogP contribution in [-0.2, 0) is 0 Å². The van der Waals surface area contributed by atoms with Gasteiger partial charge < -0.3 is 15.5 Å². The van der Waals surface area contributed by atoms with Crippen molar-refractivity contribution in [2.75, 3.05) is 19.7 Å². The summed E-state index contributed by atoms with van der Waals surface area (Å²) in [5, 5.41) is 31.4. The van der Waals surface area contributed by atoms with Crippen molar-refractivity contribution in [3.8, 4) is 0 Å². The number of rotatable bonds is 6. The zero-order chi connectivity index (χ0) is 12.0. The monoisotopic (exact) mass is 226 g/mol. The zero-order valence-corrected chi connectivity index (χ0v) is 8.67. The van der Waals surface area contributed by atoms with Crippen LogP contribution in [0, 0.1) is 10.1 Å². The highest BCUT2D eigenvalue weighted by Gasteiger charge is 2.09. The van der Waals surface area contributed by atoms with Crippen LogP contribution in [0.2, 0.25) is 0 Å². The number of non-ortho nitro benzene ring substituents is 1. The van der Waals surface area contributed by atoms with Crippen molar-refractivity contribution >= 4 is 5.69 Å². The zero-order valence-electron chi connectivity index (χ0n) is 8.67. The fraction of sp³-hybridized carbons (Fsp3) is 0.400. The lowest BCUT2D eigenvalue weighted by molar-refractivity contribution is -0.384. The molecule has 0 bridgehead atoms. The van der Waals surface area contributed by atoms with E-state index in [-0.39, 0.29) is 12.3 Å². The van der Waals surface area contributed by atoms with E-state index in [2.05, 4.69) is 5.32 Å². The fourth-order valence-corrected chi connectivity index (χ4v) is 1.25. The van der Waals surface area contributed by atoms with Gasteiger partial charge in [0, 0.05) is 25.2 Å². The predicted molar refractivity (Wildman–Crippen MR) is 58.0 cm³/mol. The number of hydrogen-bond acceptors (Lipinski definition) is 5. The molecule has 0 saturated heterocycles. The van der Waals surface area contributed by atoms with Crippen LogP contribution < -0.4 is 5.32 Å². The Morgan fingerprint density at radius 2 is 2.00 bits per heavy atom. The van der Waals surface area contributed by atoms with Crippen LogP contribution in [0.4, 0.5) is 5.69 Å². The molecule has 0 aromatic heterocycles. The van der Waals surface area contributed by atoms with Gasteiger partial charge in [-0.1, -0.05) is 0 Å². The number of nitrogens with one attached hydrogen (secondary N) is 1. The molecule has 6 heteroatoms. The van der Waals surface area contributed by atoms with Crippen molar-refractivity contribution < 1.29 is 15.1 Å². The van der Waals surface area contributed by atoms with Crippen LogP contribution >= 0.6 is 0 Å². The maximum absolute atomic E-state index is 10.4. The number of aliphatic hydroxyl groups excluding tert-OH is 2. The number of hydrogen-bond donors (Lipinski definition) is 3. The van der Waals surface area contributed by atoms with Crippen LogP contribution in [0.3, 0.4) is 0 Å². The molecule has 0 fully saturated rings. The molecule has 0 aliphatic carbocycles. The van der Waals surface area contributed by atoms with Gasteiger partial charge in [0.25, 0.3) is 5.69 Å². The molecule has 1 rings (SSSR count). The first-order chi connectivity index (χ1) is 7.65. The Bertz CT molecular complexity index is 339. The van der Waals surface area contributed by atoms with Crippen LogP contribution in [0.5, 0.6) is 0 Å². The van der Waals surface area contributed by atoms with Crippen LogP contribution in [0.1, 0.15) is 11.7 Å². The van der Waals surface area contributed by atoms with Crippen molar-refractivity contribution in [1.29, 1.82) is 0 Å². The van der Waals surface area contributed by atoms with Gasteiger partial charge in [-0.25, -0.2) is 0 Å². The van der Waals surface area contributed by atoms with Gasteiger partial charge in [0.05, 0.1) is 17.6 Å². The number of aliphatic hydroxyl groups is 2. The maximum atomic E-state index is 10.4. The van der Waals surface area contributed by atoms with E-state index in [9.17, 15) is 15.2 Å². The van der Waals surface area contributed by atoms with Crippen LogP contribution in [-0.4, -0.2) is 34.8 Å². The topological polar surface area (TPSA) is 95.6 Å². The summed E-state index contributed by atoms with van der Waals surface area (Å²) in [5.74, 6) is 0. The molecular weight excluding hydrogens is 212 g/mol. The first kappa shape index (κ1) is 12.6. The van der Waals surface area contributed by atoms with E-state index in [1.165, 1.54) is 24.3 Å². The minimum absolute atomic E-state index is 0.000678. The maximum Gasteiger partial charge on any atom is 0.269 e. The summed E-state index contributed by atoms with van der Waals surface area (Å²) in [5.41, 5.74) is 0.607. The molecule has 0 aliphatic heterocycles. The number of benzene rings is 1. The van der Waals surface area contributed by atoms with Crippen molar-refractivity contribution in [2.24, 2.45) is 0 Å². The Morgan fingerprint density at radius 3 is 2.50 bits per heavy atom.